The second-order valence-electron chi connectivity index (χ2n) is 4.04. The van der Waals surface area contributed by atoms with E-state index in [1.54, 1.807) is 0 Å². The van der Waals surface area contributed by atoms with Crippen LogP contribution in [0, 0.1) is 5.82 Å². The average molecular weight is 459 g/mol. The standard InChI is InChI=1S/C12H8Br2ClFN2O2S/c13-8-4-7(17)5-9(14)12(8)18-21(19,20)11-3-6(16)1-2-10(11)15/h1-5,18H,17H2. The molecule has 0 bridgehead atoms. The van der Waals surface area contributed by atoms with Crippen LogP contribution in [-0.4, -0.2) is 8.42 Å². The lowest BCUT2D eigenvalue weighted by Gasteiger charge is -2.13. The van der Waals surface area contributed by atoms with Crippen LogP contribution in [0.3, 0.4) is 0 Å². The van der Waals surface area contributed by atoms with Crippen molar-refractivity contribution in [1.29, 1.82) is 0 Å². The monoisotopic (exact) mass is 456 g/mol. The summed E-state index contributed by atoms with van der Waals surface area (Å²) < 4.78 is 41.1. The molecule has 0 amide bonds. The molecule has 21 heavy (non-hydrogen) atoms. The summed E-state index contributed by atoms with van der Waals surface area (Å²) in [7, 11) is -4.05. The van der Waals surface area contributed by atoms with Gasteiger partial charge in [0.15, 0.2) is 0 Å². The Hall–Kier alpha value is -0.830. The third-order valence-electron chi connectivity index (χ3n) is 2.48. The normalized spacial score (nSPS) is 11.4. The van der Waals surface area contributed by atoms with Gasteiger partial charge in [-0.15, -0.1) is 0 Å². The summed E-state index contributed by atoms with van der Waals surface area (Å²) in [5, 5.41) is -0.0772. The van der Waals surface area contributed by atoms with Crippen LogP contribution < -0.4 is 10.5 Å². The van der Waals surface area contributed by atoms with Gasteiger partial charge in [0, 0.05) is 14.6 Å². The molecule has 2 aromatic carbocycles. The van der Waals surface area contributed by atoms with Crippen molar-refractivity contribution in [2.24, 2.45) is 0 Å². The van der Waals surface area contributed by atoms with Crippen LogP contribution in [0.1, 0.15) is 0 Å². The second kappa shape index (κ2) is 6.12. The highest BCUT2D eigenvalue weighted by atomic mass is 79.9. The highest BCUT2D eigenvalue weighted by Gasteiger charge is 2.21. The Kier molecular flexibility index (Phi) is 4.82. The van der Waals surface area contributed by atoms with Crippen LogP contribution >= 0.6 is 43.5 Å². The Morgan fingerprint density at radius 2 is 1.71 bits per heavy atom. The van der Waals surface area contributed by atoms with Crippen molar-refractivity contribution in [3.05, 3.63) is 50.1 Å². The first-order chi connectivity index (χ1) is 9.70. The fourth-order valence-corrected chi connectivity index (χ4v) is 4.86. The summed E-state index contributed by atoms with van der Waals surface area (Å²) in [6.07, 6.45) is 0. The molecule has 0 aromatic heterocycles. The molecular formula is C12H8Br2ClFN2O2S. The minimum atomic E-state index is -4.05. The minimum Gasteiger partial charge on any atom is -0.399 e. The van der Waals surface area contributed by atoms with E-state index >= 15 is 0 Å². The zero-order valence-electron chi connectivity index (χ0n) is 10.2. The lowest BCUT2D eigenvalue weighted by molar-refractivity contribution is 0.595. The maximum atomic E-state index is 13.2. The molecule has 4 nitrogen and oxygen atoms in total. The maximum Gasteiger partial charge on any atom is 0.263 e. The number of rotatable bonds is 3. The SMILES string of the molecule is Nc1cc(Br)c(NS(=O)(=O)c2cc(F)ccc2Cl)c(Br)c1. The second-order valence-corrected chi connectivity index (χ2v) is 7.81. The lowest BCUT2D eigenvalue weighted by atomic mass is 10.3. The number of benzene rings is 2. The summed E-state index contributed by atoms with van der Waals surface area (Å²) >= 11 is 12.2. The zero-order chi connectivity index (χ0) is 15.8. The van der Waals surface area contributed by atoms with E-state index in [-0.39, 0.29) is 15.6 Å². The van der Waals surface area contributed by atoms with E-state index in [1.807, 2.05) is 0 Å². The fourth-order valence-electron chi connectivity index (χ4n) is 1.56. The van der Waals surface area contributed by atoms with Crippen LogP contribution in [-0.2, 0) is 10.0 Å². The van der Waals surface area contributed by atoms with Crippen LogP contribution in [0.2, 0.25) is 5.02 Å². The highest BCUT2D eigenvalue weighted by molar-refractivity contribution is 9.11. The van der Waals surface area contributed by atoms with E-state index in [4.69, 9.17) is 17.3 Å². The predicted molar refractivity (Wildman–Crippen MR) is 88.5 cm³/mol. The van der Waals surface area contributed by atoms with E-state index < -0.39 is 15.8 Å². The van der Waals surface area contributed by atoms with Crippen LogP contribution in [0.15, 0.2) is 44.2 Å². The number of nitrogen functional groups attached to an aromatic ring is 1. The Morgan fingerprint density at radius 3 is 2.29 bits per heavy atom. The number of anilines is 2. The van der Waals surface area contributed by atoms with Crippen molar-refractivity contribution in [3.8, 4) is 0 Å². The van der Waals surface area contributed by atoms with Gasteiger partial charge in [0.2, 0.25) is 0 Å². The average Bonchev–Trinajstić information content (AvgIpc) is 2.36. The maximum absolute atomic E-state index is 13.2. The van der Waals surface area contributed by atoms with Gasteiger partial charge in [-0.3, -0.25) is 4.72 Å². The fraction of sp³-hybridized carbons (Fsp3) is 0. The quantitative estimate of drug-likeness (QED) is 0.671. The van der Waals surface area contributed by atoms with Gasteiger partial charge in [-0.05, 0) is 62.2 Å². The first-order valence-electron chi connectivity index (χ1n) is 5.43. The molecule has 0 heterocycles. The highest BCUT2D eigenvalue weighted by Crippen LogP contribution is 2.35. The van der Waals surface area contributed by atoms with Gasteiger partial charge in [-0.25, -0.2) is 12.8 Å². The molecule has 0 aliphatic rings. The molecule has 0 saturated heterocycles. The van der Waals surface area contributed by atoms with Crippen LogP contribution in [0.5, 0.6) is 0 Å². The number of sulfonamides is 1. The zero-order valence-corrected chi connectivity index (χ0v) is 14.9. The molecule has 0 saturated carbocycles. The van der Waals surface area contributed by atoms with Crippen molar-refractivity contribution in [2.45, 2.75) is 4.90 Å². The van der Waals surface area contributed by atoms with Gasteiger partial charge >= 0.3 is 0 Å². The van der Waals surface area contributed by atoms with Crippen molar-refractivity contribution in [3.63, 3.8) is 0 Å². The molecule has 0 spiro atoms. The summed E-state index contributed by atoms with van der Waals surface area (Å²) in [5.41, 5.74) is 6.32. The third kappa shape index (κ3) is 3.68. The number of halogens is 4. The van der Waals surface area contributed by atoms with E-state index in [2.05, 4.69) is 36.6 Å². The molecule has 0 radical (unpaired) electrons. The predicted octanol–water partition coefficient (Wildman–Crippen LogP) is 4.39. The molecule has 0 fully saturated rings. The topological polar surface area (TPSA) is 72.2 Å². The Labute approximate surface area is 142 Å². The van der Waals surface area contributed by atoms with Gasteiger partial charge in [0.05, 0.1) is 10.7 Å². The van der Waals surface area contributed by atoms with Crippen molar-refractivity contribution >= 4 is 64.9 Å². The molecule has 0 atom stereocenters. The lowest BCUT2D eigenvalue weighted by Crippen LogP contribution is -2.14. The van der Waals surface area contributed by atoms with Gasteiger partial charge in [0.25, 0.3) is 10.0 Å². The number of hydrogen-bond acceptors (Lipinski definition) is 3. The summed E-state index contributed by atoms with van der Waals surface area (Å²) in [5.74, 6) is -0.699. The van der Waals surface area contributed by atoms with Crippen molar-refractivity contribution < 1.29 is 12.8 Å². The molecule has 3 N–H and O–H groups in total. The largest absolute Gasteiger partial charge is 0.399 e. The molecular weight excluding hydrogens is 450 g/mol. The molecule has 112 valence electrons. The van der Waals surface area contributed by atoms with Crippen LogP contribution in [0.4, 0.5) is 15.8 Å². The number of hydrogen-bond donors (Lipinski definition) is 2. The van der Waals surface area contributed by atoms with E-state index in [0.29, 0.717) is 14.6 Å². The van der Waals surface area contributed by atoms with Gasteiger partial charge in [-0.2, -0.15) is 0 Å². The molecule has 0 aliphatic carbocycles. The third-order valence-corrected chi connectivity index (χ3v) is 5.57. The Morgan fingerprint density at radius 1 is 1.14 bits per heavy atom. The smallest absolute Gasteiger partial charge is 0.263 e. The number of nitrogens with one attached hydrogen (secondary N) is 1. The Balaban J connectivity index is 2.50. The van der Waals surface area contributed by atoms with Gasteiger partial charge < -0.3 is 5.73 Å². The van der Waals surface area contributed by atoms with Crippen molar-refractivity contribution in [2.75, 3.05) is 10.5 Å². The van der Waals surface area contributed by atoms with Gasteiger partial charge in [-0.1, -0.05) is 11.6 Å². The molecule has 9 heteroatoms. The molecule has 2 rings (SSSR count). The first kappa shape index (κ1) is 16.5. The van der Waals surface area contributed by atoms with E-state index in [9.17, 15) is 12.8 Å². The minimum absolute atomic E-state index is 0.0772. The van der Waals surface area contributed by atoms with E-state index in [1.165, 1.54) is 18.2 Å². The van der Waals surface area contributed by atoms with Gasteiger partial charge in [0.1, 0.15) is 10.7 Å². The van der Waals surface area contributed by atoms with E-state index in [0.717, 1.165) is 12.1 Å². The number of nitrogens with two attached hydrogens (primary N) is 1. The molecule has 2 aromatic rings. The van der Waals surface area contributed by atoms with Crippen LogP contribution in [0.25, 0.3) is 0 Å². The van der Waals surface area contributed by atoms with Crippen molar-refractivity contribution in [1.82, 2.24) is 0 Å². The summed E-state index contributed by atoms with van der Waals surface area (Å²) in [6.45, 7) is 0. The first-order valence-corrected chi connectivity index (χ1v) is 8.88. The molecule has 0 aliphatic heterocycles. The molecule has 0 unspecified atom stereocenters. The summed E-state index contributed by atoms with van der Waals surface area (Å²) in [6, 6.07) is 6.18. The Bertz CT molecular complexity index is 792. The summed E-state index contributed by atoms with van der Waals surface area (Å²) in [4.78, 5) is -0.347.